The largest absolute Gasteiger partial charge is 0.126 e. The first-order valence-electron chi connectivity index (χ1n) is 12.0. The van der Waals surface area contributed by atoms with Gasteiger partial charge in [0.2, 0.25) is 0 Å². The summed E-state index contributed by atoms with van der Waals surface area (Å²) in [7, 11) is 0. The van der Waals surface area contributed by atoms with Gasteiger partial charge in [-0.3, -0.25) is 6.08 Å². The van der Waals surface area contributed by atoms with Crippen molar-refractivity contribution in [1.82, 2.24) is 0 Å². The third kappa shape index (κ3) is 6.36. The zero-order valence-corrected chi connectivity index (χ0v) is 23.1. The number of rotatable bonds is 2. The molecule has 1 unspecified atom stereocenters. The predicted octanol–water partition coefficient (Wildman–Crippen LogP) is 8.85. The molecule has 1 aliphatic carbocycles. The smallest absolute Gasteiger partial charge is 0.0771 e. The van der Waals surface area contributed by atoms with Gasteiger partial charge in [-0.05, 0) is 0 Å². The topological polar surface area (TPSA) is 0 Å². The van der Waals surface area contributed by atoms with Crippen molar-refractivity contribution < 1.29 is 24.2 Å². The van der Waals surface area contributed by atoms with Gasteiger partial charge < -0.3 is 0 Å². The van der Waals surface area contributed by atoms with Crippen LogP contribution >= 0.6 is 0 Å². The molecule has 0 fully saturated rings. The first kappa shape index (κ1) is 25.1. The Morgan fingerprint density at radius 2 is 1.09 bits per heavy atom. The van der Waals surface area contributed by atoms with Crippen LogP contribution in [-0.4, -0.2) is 3.21 Å². The van der Waals surface area contributed by atoms with Gasteiger partial charge in [0.15, 0.2) is 0 Å². The summed E-state index contributed by atoms with van der Waals surface area (Å²) >= 11 is 1.46. The molecule has 5 aromatic carbocycles. The van der Waals surface area contributed by atoms with Gasteiger partial charge in [-0.25, -0.2) is 11.6 Å². The second-order valence-corrected chi connectivity index (χ2v) is 10.1. The minimum absolute atomic E-state index is 0.565. The standard InChI is InChI=1S/C13H9.C13H10.C8H11.Zr/c1-3-7-12-10(5-1)9-11-6-2-4-8-13(11)12;1-3-7-12(8-4-1)11-13-9-5-2-6-10-13;1-6-4-5-7(2)8(6)3;/h1-9H;1-10H;4,7H,1-3H3;/q-1;;-1;+2. The number of allylic oxidation sites excluding steroid dienone is 4. The van der Waals surface area contributed by atoms with E-state index in [1.807, 2.05) is 0 Å². The van der Waals surface area contributed by atoms with Crippen molar-refractivity contribution in [2.24, 2.45) is 5.92 Å². The summed E-state index contributed by atoms with van der Waals surface area (Å²) in [5, 5.41) is 5.39. The van der Waals surface area contributed by atoms with E-state index in [1.165, 1.54) is 71.3 Å². The van der Waals surface area contributed by atoms with Crippen molar-refractivity contribution in [3.63, 3.8) is 0 Å². The Bertz CT molecular complexity index is 1370. The van der Waals surface area contributed by atoms with Gasteiger partial charge in [-0.15, -0.1) is 46.7 Å². The van der Waals surface area contributed by atoms with Crippen LogP contribution in [0, 0.1) is 12.0 Å². The molecular formula is C34H30Zr. The van der Waals surface area contributed by atoms with Crippen LogP contribution in [0.15, 0.2) is 132 Å². The van der Waals surface area contributed by atoms with E-state index in [0.717, 1.165) is 0 Å². The summed E-state index contributed by atoms with van der Waals surface area (Å²) in [6, 6.07) is 40.4. The fraction of sp³-hybridized carbons (Fsp3) is 0.118. The zero-order chi connectivity index (χ0) is 24.6. The minimum atomic E-state index is 0.565. The summed E-state index contributed by atoms with van der Waals surface area (Å²) in [5.41, 5.74) is 5.51. The van der Waals surface area contributed by atoms with E-state index in [4.69, 9.17) is 0 Å². The molecule has 1 aliphatic rings. The average Bonchev–Trinajstić information content (AvgIpc) is 3.44. The molecule has 0 nitrogen and oxygen atoms in total. The molecule has 0 heterocycles. The van der Waals surface area contributed by atoms with E-state index in [-0.39, 0.29) is 0 Å². The van der Waals surface area contributed by atoms with Crippen LogP contribution in [0.4, 0.5) is 0 Å². The summed E-state index contributed by atoms with van der Waals surface area (Å²) in [6.45, 7) is 6.46. The van der Waals surface area contributed by atoms with Gasteiger partial charge in [0.1, 0.15) is 0 Å². The average molecular weight is 530 g/mol. The normalized spacial score (nSPS) is 14.4. The van der Waals surface area contributed by atoms with Crippen LogP contribution in [0.2, 0.25) is 0 Å². The molecule has 0 aliphatic heterocycles. The van der Waals surface area contributed by atoms with Gasteiger partial charge in [-0.1, -0.05) is 56.2 Å². The van der Waals surface area contributed by atoms with Crippen LogP contribution in [0.5, 0.6) is 0 Å². The SMILES string of the molecule is CC1=C(C)C(C)[C-]=C1.[Zr+2]=[C](c1ccccc1)c1ccccc1.c1ccc2c(c1)[cH-]c1ccccc12. The Balaban J connectivity index is 0.000000129. The third-order valence-electron chi connectivity index (χ3n) is 6.47. The first-order chi connectivity index (χ1) is 17.0. The summed E-state index contributed by atoms with van der Waals surface area (Å²) < 4.78 is 1.42. The maximum absolute atomic E-state index is 3.22. The minimum Gasteiger partial charge on any atom is -0.126 e. The molecule has 0 aromatic heterocycles. The summed E-state index contributed by atoms with van der Waals surface area (Å²) in [6.07, 6.45) is 5.29. The van der Waals surface area contributed by atoms with Crippen molar-refractivity contribution >= 4 is 24.8 Å². The van der Waals surface area contributed by atoms with Crippen LogP contribution in [0.1, 0.15) is 31.9 Å². The Morgan fingerprint density at radius 1 is 0.657 bits per heavy atom. The van der Waals surface area contributed by atoms with Crippen LogP contribution in [0.25, 0.3) is 21.5 Å². The molecule has 0 saturated carbocycles. The van der Waals surface area contributed by atoms with E-state index in [2.05, 4.69) is 148 Å². The van der Waals surface area contributed by atoms with Crippen molar-refractivity contribution in [2.45, 2.75) is 20.8 Å². The number of hydrogen-bond acceptors (Lipinski definition) is 0. The monoisotopic (exact) mass is 528 g/mol. The first-order valence-corrected chi connectivity index (χ1v) is 13.3. The fourth-order valence-corrected chi connectivity index (χ4v) is 4.93. The predicted molar refractivity (Wildman–Crippen MR) is 148 cm³/mol. The molecule has 0 saturated heterocycles. The van der Waals surface area contributed by atoms with E-state index < -0.39 is 0 Å². The molecule has 1 atom stereocenters. The van der Waals surface area contributed by atoms with Gasteiger partial charge in [0, 0.05) is 0 Å². The molecule has 170 valence electrons. The summed E-state index contributed by atoms with van der Waals surface area (Å²) in [5.74, 6) is 0.565. The Hall–Kier alpha value is -3.02. The molecule has 5 aromatic rings. The maximum atomic E-state index is 3.22. The summed E-state index contributed by atoms with van der Waals surface area (Å²) in [4.78, 5) is 0. The second-order valence-electron chi connectivity index (χ2n) is 8.82. The molecular weight excluding hydrogens is 500 g/mol. The van der Waals surface area contributed by atoms with Crippen molar-refractivity contribution in [1.29, 1.82) is 0 Å². The van der Waals surface area contributed by atoms with Crippen molar-refractivity contribution in [3.8, 4) is 0 Å². The van der Waals surface area contributed by atoms with Gasteiger partial charge >= 0.3 is 99.2 Å². The number of fused-ring (bicyclic) bond motifs is 3. The molecule has 0 N–H and O–H groups in total. The molecule has 0 radical (unpaired) electrons. The van der Waals surface area contributed by atoms with Crippen molar-refractivity contribution in [3.05, 3.63) is 150 Å². The Morgan fingerprint density at radius 3 is 1.46 bits per heavy atom. The van der Waals surface area contributed by atoms with Gasteiger partial charge in [-0.2, -0.15) is 5.57 Å². The number of hydrogen-bond donors (Lipinski definition) is 0. The zero-order valence-electron chi connectivity index (χ0n) is 20.6. The van der Waals surface area contributed by atoms with E-state index in [0.29, 0.717) is 5.92 Å². The Labute approximate surface area is 224 Å². The van der Waals surface area contributed by atoms with Gasteiger partial charge in [0.05, 0.1) is 0 Å². The molecule has 0 bridgehead atoms. The van der Waals surface area contributed by atoms with Crippen LogP contribution in [0.3, 0.4) is 0 Å². The molecule has 35 heavy (non-hydrogen) atoms. The molecule has 0 spiro atoms. The van der Waals surface area contributed by atoms with Crippen LogP contribution < -0.4 is 0 Å². The quantitative estimate of drug-likeness (QED) is 0.200. The molecule has 1 heteroatoms. The second kappa shape index (κ2) is 12.1. The Kier molecular flexibility index (Phi) is 8.67. The van der Waals surface area contributed by atoms with E-state index in [1.54, 1.807) is 0 Å². The van der Waals surface area contributed by atoms with E-state index in [9.17, 15) is 0 Å². The maximum Gasteiger partial charge on any atom is -0.0771 e. The fourth-order valence-electron chi connectivity index (χ4n) is 4.11. The van der Waals surface area contributed by atoms with Crippen molar-refractivity contribution in [2.75, 3.05) is 0 Å². The van der Waals surface area contributed by atoms with Crippen LogP contribution in [-0.2, 0) is 24.2 Å². The van der Waals surface area contributed by atoms with E-state index >= 15 is 0 Å². The third-order valence-corrected chi connectivity index (χ3v) is 7.89. The molecule has 0 amide bonds. The number of benzene rings is 4. The molecule has 6 rings (SSSR count). The van der Waals surface area contributed by atoms with Gasteiger partial charge in [0.25, 0.3) is 0 Å².